The minimum atomic E-state index is -4.60. The van der Waals surface area contributed by atoms with Gasteiger partial charge < -0.3 is 10.1 Å². The van der Waals surface area contributed by atoms with Crippen LogP contribution in [0.5, 0.6) is 0 Å². The van der Waals surface area contributed by atoms with Crippen molar-refractivity contribution >= 4 is 17.5 Å². The molecule has 1 aromatic heterocycles. The van der Waals surface area contributed by atoms with Crippen LogP contribution in [0, 0.1) is 0 Å². The molecule has 1 amide bonds. The molecule has 10 heteroatoms. The van der Waals surface area contributed by atoms with Crippen LogP contribution in [0.25, 0.3) is 0 Å². The summed E-state index contributed by atoms with van der Waals surface area (Å²) >= 11 is 5.94. The molecule has 0 aromatic carbocycles. The maximum Gasteiger partial charge on any atom is 0.436 e. The Labute approximate surface area is 161 Å². The Hall–Kier alpha value is -1.32. The summed E-state index contributed by atoms with van der Waals surface area (Å²) in [6.45, 7) is 5.74. The molecule has 152 valence electrons. The van der Waals surface area contributed by atoms with E-state index in [1.807, 2.05) is 6.92 Å². The Morgan fingerprint density at radius 1 is 1.37 bits per heavy atom. The fourth-order valence-electron chi connectivity index (χ4n) is 3.32. The minimum absolute atomic E-state index is 0.00408. The predicted molar refractivity (Wildman–Crippen MR) is 93.7 cm³/mol. The first-order valence-corrected chi connectivity index (χ1v) is 9.56. The normalized spacial score (nSPS) is 19.9. The monoisotopic (exact) mass is 408 g/mol. The van der Waals surface area contributed by atoms with E-state index in [2.05, 4.69) is 15.3 Å². The van der Waals surface area contributed by atoms with Gasteiger partial charge in [-0.25, -0.2) is 0 Å². The van der Waals surface area contributed by atoms with E-state index in [1.165, 1.54) is 4.68 Å². The number of carbonyl (C=O) groups excluding carboxylic acids is 1. The molecule has 2 aliphatic rings. The van der Waals surface area contributed by atoms with Gasteiger partial charge >= 0.3 is 6.18 Å². The molecule has 1 aromatic rings. The number of hydrogen-bond acceptors (Lipinski definition) is 4. The van der Waals surface area contributed by atoms with Crippen molar-refractivity contribution < 1.29 is 22.7 Å². The van der Waals surface area contributed by atoms with Crippen molar-refractivity contribution in [2.45, 2.75) is 50.9 Å². The maximum absolute atomic E-state index is 13.1. The molecule has 0 bridgehead atoms. The first-order chi connectivity index (χ1) is 12.8. The number of ether oxygens (including phenoxy) is 1. The van der Waals surface area contributed by atoms with Crippen LogP contribution in [0.15, 0.2) is 0 Å². The Morgan fingerprint density at radius 3 is 2.63 bits per heavy atom. The van der Waals surface area contributed by atoms with Crippen molar-refractivity contribution in [3.8, 4) is 0 Å². The lowest BCUT2D eigenvalue weighted by molar-refractivity contribution is -0.141. The molecule has 1 saturated carbocycles. The number of aryl methyl sites for hydroxylation is 1. The maximum atomic E-state index is 13.1. The standard InChI is InChI=1S/C17H24ClF3N4O2/c1-11(10-24-6-8-27-9-7-24)22-13(26)4-5-25-15(12-2-3-12)14(18)16(23-25)17(19,20)21/h11-12H,2-10H2,1H3,(H,22,26). The van der Waals surface area contributed by atoms with Crippen LogP contribution < -0.4 is 5.32 Å². The molecule has 27 heavy (non-hydrogen) atoms. The minimum Gasteiger partial charge on any atom is -0.379 e. The number of rotatable bonds is 7. The van der Waals surface area contributed by atoms with Crippen molar-refractivity contribution in [2.75, 3.05) is 32.8 Å². The SMILES string of the molecule is CC(CN1CCOCC1)NC(=O)CCn1nc(C(F)(F)F)c(Cl)c1C1CC1. The summed E-state index contributed by atoms with van der Waals surface area (Å²) in [4.78, 5) is 14.4. The van der Waals surface area contributed by atoms with Crippen molar-refractivity contribution in [3.63, 3.8) is 0 Å². The molecule has 1 atom stereocenters. The number of aromatic nitrogens is 2. The number of alkyl halides is 3. The van der Waals surface area contributed by atoms with Crippen molar-refractivity contribution in [3.05, 3.63) is 16.4 Å². The molecule has 6 nitrogen and oxygen atoms in total. The average Bonchev–Trinajstić information content (AvgIpc) is 3.36. The Bertz CT molecular complexity index is 670. The number of carbonyl (C=O) groups is 1. The fourth-order valence-corrected chi connectivity index (χ4v) is 3.72. The Balaban J connectivity index is 1.55. The molecule has 0 spiro atoms. The third-order valence-electron chi connectivity index (χ3n) is 4.76. The molecule has 2 heterocycles. The van der Waals surface area contributed by atoms with Crippen molar-refractivity contribution in [1.29, 1.82) is 0 Å². The first kappa shape index (κ1) is 20.4. The fraction of sp³-hybridized carbons (Fsp3) is 0.765. The highest BCUT2D eigenvalue weighted by atomic mass is 35.5. The van der Waals surface area contributed by atoms with Gasteiger partial charge in [-0.3, -0.25) is 14.4 Å². The van der Waals surface area contributed by atoms with Crippen LogP contribution in [0.4, 0.5) is 13.2 Å². The Morgan fingerprint density at radius 2 is 2.04 bits per heavy atom. The highest BCUT2D eigenvalue weighted by Gasteiger charge is 2.42. The van der Waals surface area contributed by atoms with Crippen LogP contribution in [-0.2, 0) is 22.3 Å². The van der Waals surface area contributed by atoms with E-state index >= 15 is 0 Å². The molecule has 1 unspecified atom stereocenters. The second-order valence-electron chi connectivity index (χ2n) is 7.17. The zero-order valence-corrected chi connectivity index (χ0v) is 15.9. The van der Waals surface area contributed by atoms with E-state index in [0.717, 1.165) is 25.9 Å². The summed E-state index contributed by atoms with van der Waals surface area (Å²) in [7, 11) is 0. The number of hydrogen-bond donors (Lipinski definition) is 1. The van der Waals surface area contributed by atoms with Crippen LogP contribution in [-0.4, -0.2) is 59.5 Å². The van der Waals surface area contributed by atoms with E-state index in [9.17, 15) is 18.0 Å². The van der Waals surface area contributed by atoms with Gasteiger partial charge in [-0.05, 0) is 19.8 Å². The van der Waals surface area contributed by atoms with Crippen LogP contribution in [0.1, 0.15) is 43.5 Å². The van der Waals surface area contributed by atoms with Crippen LogP contribution in [0.3, 0.4) is 0 Å². The first-order valence-electron chi connectivity index (χ1n) is 9.18. The van der Waals surface area contributed by atoms with Gasteiger partial charge in [-0.15, -0.1) is 0 Å². The summed E-state index contributed by atoms with van der Waals surface area (Å²) in [5, 5.41) is 6.21. The van der Waals surface area contributed by atoms with Crippen molar-refractivity contribution in [2.24, 2.45) is 0 Å². The summed E-state index contributed by atoms with van der Waals surface area (Å²) in [5.74, 6) is -0.206. The van der Waals surface area contributed by atoms with Crippen molar-refractivity contribution in [1.82, 2.24) is 20.0 Å². The number of amides is 1. The predicted octanol–water partition coefficient (Wildman–Crippen LogP) is 2.66. The molecule has 1 saturated heterocycles. The third-order valence-corrected chi connectivity index (χ3v) is 5.13. The smallest absolute Gasteiger partial charge is 0.379 e. The summed E-state index contributed by atoms with van der Waals surface area (Å²) in [5.41, 5.74) is -0.662. The molecular weight excluding hydrogens is 385 g/mol. The summed E-state index contributed by atoms with van der Waals surface area (Å²) in [6, 6.07) is -0.0505. The van der Waals surface area contributed by atoms with Crippen LogP contribution in [0.2, 0.25) is 5.02 Å². The van der Waals surface area contributed by atoms with Gasteiger partial charge in [0.15, 0.2) is 5.69 Å². The molecule has 3 rings (SSSR count). The van der Waals surface area contributed by atoms with Gasteiger partial charge in [0.1, 0.15) is 0 Å². The quantitative estimate of drug-likeness (QED) is 0.753. The number of nitrogens with zero attached hydrogens (tertiary/aromatic N) is 3. The summed E-state index contributed by atoms with van der Waals surface area (Å²) < 4.78 is 45.7. The largest absolute Gasteiger partial charge is 0.436 e. The van der Waals surface area contributed by atoms with E-state index in [-0.39, 0.29) is 35.9 Å². The zero-order chi connectivity index (χ0) is 19.6. The number of halogens is 4. The van der Waals surface area contributed by atoms with Gasteiger partial charge in [0.25, 0.3) is 0 Å². The van der Waals surface area contributed by atoms with Gasteiger partial charge in [-0.2, -0.15) is 18.3 Å². The number of morpholine rings is 1. The van der Waals surface area contributed by atoms with Crippen LogP contribution >= 0.6 is 11.6 Å². The van der Waals surface area contributed by atoms with E-state index in [0.29, 0.717) is 25.5 Å². The Kier molecular flexibility index (Phi) is 6.32. The topological polar surface area (TPSA) is 59.4 Å². The molecule has 1 aliphatic heterocycles. The average molecular weight is 409 g/mol. The lowest BCUT2D eigenvalue weighted by Gasteiger charge is -2.29. The second-order valence-corrected chi connectivity index (χ2v) is 7.55. The highest BCUT2D eigenvalue weighted by molar-refractivity contribution is 6.32. The lowest BCUT2D eigenvalue weighted by Crippen LogP contribution is -2.46. The zero-order valence-electron chi connectivity index (χ0n) is 15.2. The summed E-state index contributed by atoms with van der Waals surface area (Å²) in [6.07, 6.45) is -2.94. The van der Waals surface area contributed by atoms with Gasteiger partial charge in [0, 0.05) is 38.0 Å². The number of nitrogens with one attached hydrogen (secondary N) is 1. The van der Waals surface area contributed by atoms with E-state index in [1.54, 1.807) is 0 Å². The second kappa shape index (κ2) is 8.36. The highest BCUT2D eigenvalue weighted by Crippen LogP contribution is 2.46. The lowest BCUT2D eigenvalue weighted by atomic mass is 10.2. The molecule has 1 N–H and O–H groups in total. The molecule has 1 aliphatic carbocycles. The molecule has 0 radical (unpaired) electrons. The molecule has 2 fully saturated rings. The van der Waals surface area contributed by atoms with E-state index < -0.39 is 11.9 Å². The van der Waals surface area contributed by atoms with Gasteiger partial charge in [0.05, 0.1) is 30.5 Å². The third kappa shape index (κ3) is 5.36. The molecular formula is C17H24ClF3N4O2. The van der Waals surface area contributed by atoms with Gasteiger partial charge in [0.2, 0.25) is 5.91 Å². The van der Waals surface area contributed by atoms with Gasteiger partial charge in [-0.1, -0.05) is 11.6 Å². The van der Waals surface area contributed by atoms with E-state index in [4.69, 9.17) is 16.3 Å².